The fourth-order valence-corrected chi connectivity index (χ4v) is 4.24. The van der Waals surface area contributed by atoms with E-state index in [0.29, 0.717) is 22.2 Å². The first-order chi connectivity index (χ1) is 14.8. The maximum Gasteiger partial charge on any atom is 0.251 e. The smallest absolute Gasteiger partial charge is 0.251 e. The molecule has 4 rings (SSSR count). The summed E-state index contributed by atoms with van der Waals surface area (Å²) in [7, 11) is 3.37. The van der Waals surface area contributed by atoms with E-state index in [4.69, 9.17) is 16.3 Å². The monoisotopic (exact) mass is 438 g/mol. The Balaban J connectivity index is 1.84. The predicted octanol–water partition coefficient (Wildman–Crippen LogP) is 3.58. The van der Waals surface area contributed by atoms with Crippen molar-refractivity contribution in [3.8, 4) is 5.75 Å². The van der Waals surface area contributed by atoms with E-state index in [1.165, 1.54) is 0 Å². The van der Waals surface area contributed by atoms with E-state index in [1.807, 2.05) is 32.0 Å². The Kier molecular flexibility index (Phi) is 5.45. The molecule has 0 bridgehead atoms. The Morgan fingerprint density at radius 2 is 1.90 bits per heavy atom. The second kappa shape index (κ2) is 8.07. The lowest BCUT2D eigenvalue weighted by Gasteiger charge is -2.33. The van der Waals surface area contributed by atoms with E-state index in [2.05, 4.69) is 15.7 Å². The van der Waals surface area contributed by atoms with Crippen LogP contribution in [-0.2, 0) is 11.8 Å². The normalized spacial score (nSPS) is 17.6. The molecule has 0 saturated carbocycles. The zero-order chi connectivity index (χ0) is 22.3. The molecular weight excluding hydrogens is 416 g/mol. The molecule has 31 heavy (non-hydrogen) atoms. The number of nitrogens with zero attached hydrogens (tertiary/aromatic N) is 2. The van der Waals surface area contributed by atoms with E-state index in [1.54, 1.807) is 43.1 Å². The molecule has 160 valence electrons. The van der Waals surface area contributed by atoms with E-state index in [-0.39, 0.29) is 11.8 Å². The standard InChI is InChI=1S/C23H23ClN4O3/c1-12-5-10-17(31-4)16(11-12)19-18-13(2)27-28(3)21(18)26-23(30)20(19)25-22(29)14-6-8-15(24)9-7-14/h5-11,19-20H,1-4H3,(H,25,29)(H,26,30)/t19-,20+/m0/s1. The molecule has 2 atom stereocenters. The number of amides is 2. The van der Waals surface area contributed by atoms with E-state index in [0.717, 1.165) is 22.4 Å². The maximum absolute atomic E-state index is 13.2. The Labute approximate surface area is 185 Å². The van der Waals surface area contributed by atoms with Gasteiger partial charge in [0.15, 0.2) is 0 Å². The molecule has 0 aliphatic carbocycles. The average Bonchev–Trinajstić information content (AvgIpc) is 3.02. The highest BCUT2D eigenvalue weighted by Crippen LogP contribution is 2.42. The number of hydrogen-bond donors (Lipinski definition) is 2. The van der Waals surface area contributed by atoms with Gasteiger partial charge in [-0.1, -0.05) is 29.3 Å². The van der Waals surface area contributed by atoms with Crippen molar-refractivity contribution < 1.29 is 14.3 Å². The Hall–Kier alpha value is -3.32. The quantitative estimate of drug-likeness (QED) is 0.652. The second-order valence-electron chi connectivity index (χ2n) is 7.64. The minimum Gasteiger partial charge on any atom is -0.496 e. The number of carbonyl (C=O) groups excluding carboxylic acids is 2. The van der Waals surface area contributed by atoms with Gasteiger partial charge in [0, 0.05) is 34.7 Å². The summed E-state index contributed by atoms with van der Waals surface area (Å²) in [5.74, 6) is 0.117. The number of anilines is 1. The van der Waals surface area contributed by atoms with Crippen molar-refractivity contribution in [3.63, 3.8) is 0 Å². The zero-order valence-electron chi connectivity index (χ0n) is 17.7. The molecule has 0 fully saturated rings. The zero-order valence-corrected chi connectivity index (χ0v) is 18.4. The van der Waals surface area contributed by atoms with Gasteiger partial charge in [-0.15, -0.1) is 0 Å². The molecule has 2 heterocycles. The van der Waals surface area contributed by atoms with E-state index < -0.39 is 12.0 Å². The number of carbonyl (C=O) groups is 2. The summed E-state index contributed by atoms with van der Waals surface area (Å²) in [4.78, 5) is 26.2. The summed E-state index contributed by atoms with van der Waals surface area (Å²) in [6.07, 6.45) is 0. The Bertz CT molecular complexity index is 1170. The predicted molar refractivity (Wildman–Crippen MR) is 119 cm³/mol. The molecule has 1 aliphatic heterocycles. The number of methoxy groups -OCH3 is 1. The number of ether oxygens (including phenoxy) is 1. The number of halogens is 1. The summed E-state index contributed by atoms with van der Waals surface area (Å²) < 4.78 is 7.26. The van der Waals surface area contributed by atoms with Gasteiger partial charge in [-0.2, -0.15) is 5.10 Å². The number of nitrogens with one attached hydrogen (secondary N) is 2. The fraction of sp³-hybridized carbons (Fsp3) is 0.261. The van der Waals surface area contributed by atoms with Crippen LogP contribution in [0.4, 0.5) is 5.82 Å². The first-order valence-corrected chi connectivity index (χ1v) is 10.2. The fourth-order valence-electron chi connectivity index (χ4n) is 4.11. The third-order valence-corrected chi connectivity index (χ3v) is 5.80. The molecule has 0 saturated heterocycles. The Morgan fingerprint density at radius 3 is 2.58 bits per heavy atom. The molecule has 1 aliphatic rings. The minimum absolute atomic E-state index is 0.314. The van der Waals surface area contributed by atoms with Crippen molar-refractivity contribution in [2.45, 2.75) is 25.8 Å². The average molecular weight is 439 g/mol. The van der Waals surface area contributed by atoms with Crippen molar-refractivity contribution in [1.29, 1.82) is 0 Å². The summed E-state index contributed by atoms with van der Waals surface area (Å²) in [6.45, 7) is 3.87. The molecule has 8 heteroatoms. The molecule has 3 aromatic rings. The van der Waals surface area contributed by atoms with Crippen LogP contribution in [0.2, 0.25) is 5.02 Å². The van der Waals surface area contributed by atoms with Gasteiger partial charge in [0.25, 0.3) is 5.91 Å². The van der Waals surface area contributed by atoms with Crippen LogP contribution in [0.25, 0.3) is 0 Å². The van der Waals surface area contributed by atoms with Gasteiger partial charge >= 0.3 is 0 Å². The summed E-state index contributed by atoms with van der Waals surface area (Å²) in [6, 6.07) is 11.5. The number of rotatable bonds is 4. The highest BCUT2D eigenvalue weighted by Gasteiger charge is 2.42. The van der Waals surface area contributed by atoms with Crippen LogP contribution >= 0.6 is 11.6 Å². The topological polar surface area (TPSA) is 85.2 Å². The van der Waals surface area contributed by atoms with Crippen molar-refractivity contribution in [1.82, 2.24) is 15.1 Å². The Morgan fingerprint density at radius 1 is 1.19 bits per heavy atom. The lowest BCUT2D eigenvalue weighted by molar-refractivity contribution is -0.118. The SMILES string of the molecule is COc1ccc(C)cc1[C@H]1c2c(C)nn(C)c2NC(=O)[C@@H]1NC(=O)c1ccc(Cl)cc1. The van der Waals surface area contributed by atoms with Gasteiger partial charge in [-0.25, -0.2) is 0 Å². The summed E-state index contributed by atoms with van der Waals surface area (Å²) in [5, 5.41) is 10.8. The number of benzene rings is 2. The third-order valence-electron chi connectivity index (χ3n) is 5.55. The first-order valence-electron chi connectivity index (χ1n) is 9.85. The molecular formula is C23H23ClN4O3. The highest BCUT2D eigenvalue weighted by atomic mass is 35.5. The van der Waals surface area contributed by atoms with Crippen molar-refractivity contribution in [2.24, 2.45) is 7.05 Å². The van der Waals surface area contributed by atoms with Crippen molar-refractivity contribution in [2.75, 3.05) is 12.4 Å². The van der Waals surface area contributed by atoms with Crippen LogP contribution in [0.3, 0.4) is 0 Å². The van der Waals surface area contributed by atoms with Crippen LogP contribution in [0, 0.1) is 13.8 Å². The van der Waals surface area contributed by atoms with E-state index in [9.17, 15) is 9.59 Å². The third kappa shape index (κ3) is 3.77. The van der Waals surface area contributed by atoms with Crippen LogP contribution in [-0.4, -0.2) is 34.7 Å². The first kappa shape index (κ1) is 20.9. The molecule has 0 radical (unpaired) electrons. The molecule has 7 nitrogen and oxygen atoms in total. The van der Waals surface area contributed by atoms with Crippen LogP contribution in [0.5, 0.6) is 5.75 Å². The van der Waals surface area contributed by atoms with Gasteiger partial charge < -0.3 is 15.4 Å². The van der Waals surface area contributed by atoms with Gasteiger partial charge in [0.05, 0.1) is 12.8 Å². The molecule has 1 aromatic heterocycles. The van der Waals surface area contributed by atoms with Crippen LogP contribution in [0.1, 0.15) is 38.7 Å². The van der Waals surface area contributed by atoms with Gasteiger partial charge in [-0.3, -0.25) is 14.3 Å². The lowest BCUT2D eigenvalue weighted by Crippen LogP contribution is -2.50. The molecule has 2 N–H and O–H groups in total. The summed E-state index contributed by atoms with van der Waals surface area (Å²) in [5.41, 5.74) is 3.88. The van der Waals surface area contributed by atoms with Gasteiger partial charge in [-0.05, 0) is 44.2 Å². The molecule has 0 spiro atoms. The number of aromatic nitrogens is 2. The molecule has 2 aromatic carbocycles. The van der Waals surface area contributed by atoms with Crippen molar-refractivity contribution >= 4 is 29.2 Å². The number of fused-ring (bicyclic) bond motifs is 1. The van der Waals surface area contributed by atoms with Crippen LogP contribution < -0.4 is 15.4 Å². The van der Waals surface area contributed by atoms with E-state index >= 15 is 0 Å². The minimum atomic E-state index is -0.853. The largest absolute Gasteiger partial charge is 0.496 e. The molecule has 2 amide bonds. The number of aryl methyl sites for hydroxylation is 3. The maximum atomic E-state index is 13.2. The molecule has 0 unspecified atom stereocenters. The van der Waals surface area contributed by atoms with Crippen molar-refractivity contribution in [3.05, 3.63) is 75.4 Å². The second-order valence-corrected chi connectivity index (χ2v) is 8.08. The highest BCUT2D eigenvalue weighted by molar-refractivity contribution is 6.30. The van der Waals surface area contributed by atoms with Gasteiger partial charge in [0.2, 0.25) is 5.91 Å². The number of hydrogen-bond acceptors (Lipinski definition) is 4. The van der Waals surface area contributed by atoms with Crippen LogP contribution in [0.15, 0.2) is 42.5 Å². The lowest BCUT2D eigenvalue weighted by atomic mass is 9.81. The summed E-state index contributed by atoms with van der Waals surface area (Å²) >= 11 is 5.94. The van der Waals surface area contributed by atoms with Gasteiger partial charge in [0.1, 0.15) is 17.6 Å².